The Kier molecular flexibility index (Phi) is 5.13. The van der Waals surface area contributed by atoms with E-state index in [1.807, 2.05) is 30.3 Å². The van der Waals surface area contributed by atoms with Crippen LogP contribution < -0.4 is 5.32 Å². The Labute approximate surface area is 123 Å². The molecule has 2 aromatic rings. The summed E-state index contributed by atoms with van der Waals surface area (Å²) < 4.78 is 4.91. The molecule has 0 spiro atoms. The number of carbonyl (C=O) groups excluding carboxylic acids is 1. The average Bonchev–Trinajstić information content (AvgIpc) is 2.92. The lowest BCUT2D eigenvalue weighted by atomic mass is 10.1. The molecule has 2 N–H and O–H groups in total. The quantitative estimate of drug-likeness (QED) is 0.485. The molecule has 0 fully saturated rings. The number of hydrogen-bond acceptors (Lipinski definition) is 3. The number of carbonyl (C=O) groups is 1. The second-order valence-electron chi connectivity index (χ2n) is 4.56. The van der Waals surface area contributed by atoms with Crippen LogP contribution in [-0.4, -0.2) is 31.2 Å². The lowest BCUT2D eigenvalue weighted by Gasteiger charge is -2.03. The van der Waals surface area contributed by atoms with E-state index in [9.17, 15) is 4.79 Å². The van der Waals surface area contributed by atoms with Gasteiger partial charge in [-0.15, -0.1) is 0 Å². The maximum Gasteiger partial charge on any atom is 0.261 e. The van der Waals surface area contributed by atoms with Gasteiger partial charge in [0, 0.05) is 42.9 Å². The van der Waals surface area contributed by atoms with Gasteiger partial charge in [0.15, 0.2) is 0 Å². The lowest BCUT2D eigenvalue weighted by molar-refractivity contribution is -0.117. The van der Waals surface area contributed by atoms with E-state index in [0.717, 1.165) is 16.5 Å². The molecule has 2 rings (SSSR count). The molecule has 0 unspecified atom stereocenters. The van der Waals surface area contributed by atoms with Gasteiger partial charge in [-0.05, 0) is 18.6 Å². The SMILES string of the molecule is COCCCNC(=O)/C(C#N)=C\c1c[nH]c2ccccc12. The maximum absolute atomic E-state index is 11.9. The van der Waals surface area contributed by atoms with E-state index in [-0.39, 0.29) is 11.5 Å². The van der Waals surface area contributed by atoms with Crippen LogP contribution in [0.3, 0.4) is 0 Å². The van der Waals surface area contributed by atoms with Crippen molar-refractivity contribution in [3.63, 3.8) is 0 Å². The van der Waals surface area contributed by atoms with Crippen LogP contribution in [0.15, 0.2) is 36.0 Å². The average molecular weight is 283 g/mol. The van der Waals surface area contributed by atoms with Crippen LogP contribution in [0.2, 0.25) is 0 Å². The summed E-state index contributed by atoms with van der Waals surface area (Å²) in [6.45, 7) is 1.06. The minimum atomic E-state index is -0.362. The number of nitrogens with zero attached hydrogens (tertiary/aromatic N) is 1. The lowest BCUT2D eigenvalue weighted by Crippen LogP contribution is -2.26. The molecule has 0 aliphatic carbocycles. The summed E-state index contributed by atoms with van der Waals surface area (Å²) in [5, 5.41) is 12.8. The molecule has 1 heterocycles. The Bertz CT molecular complexity index is 695. The molecule has 0 aliphatic heterocycles. The van der Waals surface area contributed by atoms with Crippen molar-refractivity contribution in [1.29, 1.82) is 5.26 Å². The topological polar surface area (TPSA) is 77.9 Å². The van der Waals surface area contributed by atoms with E-state index in [1.54, 1.807) is 19.4 Å². The van der Waals surface area contributed by atoms with Gasteiger partial charge in [-0.2, -0.15) is 5.26 Å². The smallest absolute Gasteiger partial charge is 0.261 e. The summed E-state index contributed by atoms with van der Waals surface area (Å²) in [5.41, 5.74) is 1.90. The van der Waals surface area contributed by atoms with Crippen LogP contribution in [-0.2, 0) is 9.53 Å². The van der Waals surface area contributed by atoms with E-state index >= 15 is 0 Å². The number of aromatic amines is 1. The van der Waals surface area contributed by atoms with Crippen LogP contribution in [0.25, 0.3) is 17.0 Å². The summed E-state index contributed by atoms with van der Waals surface area (Å²) >= 11 is 0. The monoisotopic (exact) mass is 283 g/mol. The van der Waals surface area contributed by atoms with E-state index in [1.165, 1.54) is 0 Å². The van der Waals surface area contributed by atoms with E-state index < -0.39 is 0 Å². The molecule has 21 heavy (non-hydrogen) atoms. The predicted octanol–water partition coefficient (Wildman–Crippen LogP) is 2.23. The summed E-state index contributed by atoms with van der Waals surface area (Å²) in [7, 11) is 1.61. The van der Waals surface area contributed by atoms with Crippen molar-refractivity contribution in [2.24, 2.45) is 0 Å². The van der Waals surface area contributed by atoms with Crippen molar-refractivity contribution >= 4 is 22.9 Å². The van der Waals surface area contributed by atoms with Crippen molar-refractivity contribution < 1.29 is 9.53 Å². The number of ether oxygens (including phenoxy) is 1. The number of aromatic nitrogens is 1. The van der Waals surface area contributed by atoms with Gasteiger partial charge < -0.3 is 15.0 Å². The summed E-state index contributed by atoms with van der Waals surface area (Å²) in [4.78, 5) is 15.1. The van der Waals surface area contributed by atoms with Gasteiger partial charge in [-0.25, -0.2) is 0 Å². The van der Waals surface area contributed by atoms with Crippen LogP contribution in [0, 0.1) is 11.3 Å². The first-order valence-corrected chi connectivity index (χ1v) is 6.71. The van der Waals surface area contributed by atoms with Gasteiger partial charge in [0.25, 0.3) is 5.91 Å². The molecule has 1 amide bonds. The molecule has 0 atom stereocenters. The Morgan fingerprint density at radius 1 is 1.48 bits per heavy atom. The number of hydrogen-bond donors (Lipinski definition) is 2. The number of methoxy groups -OCH3 is 1. The highest BCUT2D eigenvalue weighted by molar-refractivity contribution is 6.03. The van der Waals surface area contributed by atoms with Crippen molar-refractivity contribution in [2.75, 3.05) is 20.3 Å². The summed E-state index contributed by atoms with van der Waals surface area (Å²) in [6.07, 6.45) is 4.11. The molecule has 0 saturated carbocycles. The highest BCUT2D eigenvalue weighted by Crippen LogP contribution is 2.20. The molecule has 5 nitrogen and oxygen atoms in total. The molecule has 0 bridgehead atoms. The number of fused-ring (bicyclic) bond motifs is 1. The number of H-pyrrole nitrogens is 1. The zero-order chi connectivity index (χ0) is 15.1. The van der Waals surface area contributed by atoms with E-state index in [0.29, 0.717) is 19.6 Å². The van der Waals surface area contributed by atoms with Gasteiger partial charge >= 0.3 is 0 Å². The van der Waals surface area contributed by atoms with E-state index in [2.05, 4.69) is 10.3 Å². The fourth-order valence-corrected chi connectivity index (χ4v) is 2.03. The second kappa shape index (κ2) is 7.27. The number of nitriles is 1. The molecule has 108 valence electrons. The van der Waals surface area contributed by atoms with Crippen LogP contribution >= 0.6 is 0 Å². The molecular formula is C16H17N3O2. The van der Waals surface area contributed by atoms with Crippen LogP contribution in [0.1, 0.15) is 12.0 Å². The normalized spacial score (nSPS) is 11.3. The third-order valence-electron chi connectivity index (χ3n) is 3.10. The first kappa shape index (κ1) is 14.8. The standard InChI is InChI=1S/C16H17N3O2/c1-21-8-4-7-18-16(20)12(10-17)9-13-11-19-15-6-3-2-5-14(13)15/h2-3,5-6,9,11,19H,4,7-8H2,1H3,(H,18,20)/b12-9-. The Hall–Kier alpha value is -2.58. The zero-order valence-electron chi connectivity index (χ0n) is 11.8. The summed E-state index contributed by atoms with van der Waals surface area (Å²) in [6, 6.07) is 9.70. The van der Waals surface area contributed by atoms with E-state index in [4.69, 9.17) is 10.00 Å². The number of para-hydroxylation sites is 1. The third kappa shape index (κ3) is 3.71. The summed E-state index contributed by atoms with van der Waals surface area (Å²) in [5.74, 6) is -0.362. The molecule has 0 aliphatic rings. The molecule has 1 aromatic carbocycles. The van der Waals surface area contributed by atoms with Gasteiger partial charge in [-0.3, -0.25) is 4.79 Å². The van der Waals surface area contributed by atoms with Crippen LogP contribution in [0.4, 0.5) is 0 Å². The first-order chi connectivity index (χ1) is 10.3. The van der Waals surface area contributed by atoms with Gasteiger partial charge in [-0.1, -0.05) is 18.2 Å². The Morgan fingerprint density at radius 3 is 3.05 bits per heavy atom. The van der Waals surface area contributed by atoms with Crippen molar-refractivity contribution in [1.82, 2.24) is 10.3 Å². The van der Waals surface area contributed by atoms with Gasteiger partial charge in [0.05, 0.1) is 0 Å². The Morgan fingerprint density at radius 2 is 2.29 bits per heavy atom. The van der Waals surface area contributed by atoms with Crippen molar-refractivity contribution in [3.8, 4) is 6.07 Å². The predicted molar refractivity (Wildman–Crippen MR) is 81.4 cm³/mol. The fourth-order valence-electron chi connectivity index (χ4n) is 2.03. The first-order valence-electron chi connectivity index (χ1n) is 6.71. The minimum absolute atomic E-state index is 0.0946. The van der Waals surface area contributed by atoms with Gasteiger partial charge in [0.1, 0.15) is 11.6 Å². The van der Waals surface area contributed by atoms with Crippen molar-refractivity contribution in [2.45, 2.75) is 6.42 Å². The second-order valence-corrected chi connectivity index (χ2v) is 4.56. The van der Waals surface area contributed by atoms with Crippen molar-refractivity contribution in [3.05, 3.63) is 41.6 Å². The fraction of sp³-hybridized carbons (Fsp3) is 0.250. The molecular weight excluding hydrogens is 266 g/mol. The number of amides is 1. The van der Waals surface area contributed by atoms with Gasteiger partial charge in [0.2, 0.25) is 0 Å². The van der Waals surface area contributed by atoms with Crippen LogP contribution in [0.5, 0.6) is 0 Å². The number of rotatable bonds is 6. The molecule has 0 radical (unpaired) electrons. The Balaban J connectivity index is 2.13. The minimum Gasteiger partial charge on any atom is -0.385 e. The highest BCUT2D eigenvalue weighted by Gasteiger charge is 2.09. The number of nitrogens with one attached hydrogen (secondary N) is 2. The number of benzene rings is 1. The zero-order valence-corrected chi connectivity index (χ0v) is 11.8. The molecule has 1 aromatic heterocycles. The highest BCUT2D eigenvalue weighted by atomic mass is 16.5. The third-order valence-corrected chi connectivity index (χ3v) is 3.10. The largest absolute Gasteiger partial charge is 0.385 e. The molecule has 5 heteroatoms. The maximum atomic E-state index is 11.9. The molecule has 0 saturated heterocycles.